The minimum Gasteiger partial charge on any atom is -0.490 e. The molecule has 1 aromatic heterocycles. The fourth-order valence-electron chi connectivity index (χ4n) is 2.87. The number of rotatable bonds is 5. The zero-order valence-electron chi connectivity index (χ0n) is 14.1. The number of aromatic nitrogens is 1. The van der Waals surface area contributed by atoms with Crippen LogP contribution in [-0.2, 0) is 0 Å². The summed E-state index contributed by atoms with van der Waals surface area (Å²) in [7, 11) is 1.73. The molecule has 0 bridgehead atoms. The summed E-state index contributed by atoms with van der Waals surface area (Å²) in [5.41, 5.74) is 1.43. The zero-order valence-corrected chi connectivity index (χ0v) is 14.1. The van der Waals surface area contributed by atoms with Crippen molar-refractivity contribution >= 4 is 11.7 Å². The molecular weight excluding hydrogens is 306 g/mol. The summed E-state index contributed by atoms with van der Waals surface area (Å²) in [5.74, 6) is 0.798. The molecule has 2 amide bonds. The first-order valence-electron chi connectivity index (χ1n) is 8.34. The van der Waals surface area contributed by atoms with Crippen LogP contribution in [0.1, 0.15) is 44.3 Å². The average Bonchev–Trinajstić information content (AvgIpc) is 3.27. The number of ether oxygens (including phenoxy) is 1. The Labute approximate surface area is 141 Å². The van der Waals surface area contributed by atoms with E-state index in [0.29, 0.717) is 11.8 Å². The van der Waals surface area contributed by atoms with Crippen LogP contribution in [0.2, 0.25) is 0 Å². The summed E-state index contributed by atoms with van der Waals surface area (Å²) in [4.78, 5) is 14.0. The van der Waals surface area contributed by atoms with Gasteiger partial charge >= 0.3 is 6.03 Å². The van der Waals surface area contributed by atoms with Gasteiger partial charge < -0.3 is 19.5 Å². The molecule has 0 radical (unpaired) electrons. The predicted octanol–water partition coefficient (Wildman–Crippen LogP) is 4.22. The van der Waals surface area contributed by atoms with Gasteiger partial charge in [-0.25, -0.2) is 4.79 Å². The van der Waals surface area contributed by atoms with Crippen LogP contribution in [0, 0.1) is 0 Å². The molecule has 1 aliphatic carbocycles. The minimum absolute atomic E-state index is 0.179. The third-order valence-electron chi connectivity index (χ3n) is 4.48. The average molecular weight is 329 g/mol. The van der Waals surface area contributed by atoms with Gasteiger partial charge in [-0.3, -0.25) is 0 Å². The first-order valence-corrected chi connectivity index (χ1v) is 8.34. The maximum atomic E-state index is 12.4. The summed E-state index contributed by atoms with van der Waals surface area (Å²) >= 11 is 0. The van der Waals surface area contributed by atoms with Gasteiger partial charge in [-0.15, -0.1) is 0 Å². The molecule has 1 aromatic carbocycles. The van der Waals surface area contributed by atoms with Crippen LogP contribution < -0.4 is 10.1 Å². The van der Waals surface area contributed by atoms with Crippen molar-refractivity contribution in [2.24, 2.45) is 0 Å². The molecule has 0 aliphatic heterocycles. The van der Waals surface area contributed by atoms with Gasteiger partial charge in [0.25, 0.3) is 0 Å². The van der Waals surface area contributed by atoms with E-state index in [0.717, 1.165) is 24.3 Å². The van der Waals surface area contributed by atoms with Gasteiger partial charge in [0.1, 0.15) is 17.7 Å². The molecule has 6 heteroatoms. The molecule has 6 nitrogen and oxygen atoms in total. The van der Waals surface area contributed by atoms with Gasteiger partial charge in [0.05, 0.1) is 12.1 Å². The fourth-order valence-corrected chi connectivity index (χ4v) is 2.87. The highest BCUT2D eigenvalue weighted by Crippen LogP contribution is 2.26. The van der Waals surface area contributed by atoms with Crippen molar-refractivity contribution in [3.63, 3.8) is 0 Å². The van der Waals surface area contributed by atoms with Gasteiger partial charge in [0, 0.05) is 24.9 Å². The third kappa shape index (κ3) is 3.88. The predicted molar refractivity (Wildman–Crippen MR) is 91.0 cm³/mol. The van der Waals surface area contributed by atoms with E-state index >= 15 is 0 Å². The fraction of sp³-hybridized carbons (Fsp3) is 0.444. The maximum absolute atomic E-state index is 12.4. The largest absolute Gasteiger partial charge is 0.490 e. The Hall–Kier alpha value is -2.50. The number of hydrogen-bond acceptors (Lipinski definition) is 4. The number of carbonyl (C=O) groups is 1. The zero-order chi connectivity index (χ0) is 16.9. The number of urea groups is 1. The lowest BCUT2D eigenvalue weighted by molar-refractivity contribution is 0.205. The number of benzene rings is 1. The number of nitrogens with one attached hydrogen (secondary N) is 1. The molecule has 1 aliphatic rings. The van der Waals surface area contributed by atoms with Crippen LogP contribution in [0.25, 0.3) is 0 Å². The minimum atomic E-state index is -0.205. The van der Waals surface area contributed by atoms with E-state index in [9.17, 15) is 4.79 Å². The number of hydrogen-bond donors (Lipinski definition) is 1. The Morgan fingerprint density at radius 3 is 2.88 bits per heavy atom. The number of carbonyl (C=O) groups excluding carboxylic acids is 1. The molecule has 0 unspecified atom stereocenters. The highest BCUT2D eigenvalue weighted by Gasteiger charge is 2.20. The van der Waals surface area contributed by atoms with Gasteiger partial charge in [-0.1, -0.05) is 11.2 Å². The Morgan fingerprint density at radius 2 is 2.17 bits per heavy atom. The Bertz CT molecular complexity index is 666. The number of anilines is 1. The molecule has 2 aromatic rings. The number of nitrogens with zero attached hydrogens (tertiary/aromatic N) is 2. The summed E-state index contributed by atoms with van der Waals surface area (Å²) in [6, 6.07) is 8.91. The lowest BCUT2D eigenvalue weighted by Gasteiger charge is -2.23. The topological polar surface area (TPSA) is 67.6 Å². The van der Waals surface area contributed by atoms with Crippen molar-refractivity contribution < 1.29 is 14.1 Å². The third-order valence-corrected chi connectivity index (χ3v) is 4.48. The van der Waals surface area contributed by atoms with Crippen molar-refractivity contribution in [1.29, 1.82) is 0 Å². The number of amides is 2. The van der Waals surface area contributed by atoms with E-state index in [1.807, 2.05) is 31.2 Å². The van der Waals surface area contributed by atoms with Gasteiger partial charge in [0.2, 0.25) is 0 Å². The van der Waals surface area contributed by atoms with Crippen molar-refractivity contribution in [2.45, 2.75) is 44.8 Å². The van der Waals surface area contributed by atoms with E-state index in [4.69, 9.17) is 9.26 Å². The van der Waals surface area contributed by atoms with Crippen LogP contribution in [-0.4, -0.2) is 29.2 Å². The molecule has 1 atom stereocenters. The Kier molecular flexibility index (Phi) is 5.03. The first kappa shape index (κ1) is 16.4. The van der Waals surface area contributed by atoms with Gasteiger partial charge in [0.15, 0.2) is 0 Å². The molecule has 24 heavy (non-hydrogen) atoms. The Morgan fingerprint density at radius 1 is 1.38 bits per heavy atom. The van der Waals surface area contributed by atoms with Crippen LogP contribution in [0.3, 0.4) is 0 Å². The molecule has 128 valence electrons. The molecule has 3 rings (SSSR count). The van der Waals surface area contributed by atoms with Crippen LogP contribution in [0.5, 0.6) is 5.75 Å². The lowest BCUT2D eigenvalue weighted by Crippen LogP contribution is -2.33. The van der Waals surface area contributed by atoms with E-state index in [-0.39, 0.29) is 12.1 Å². The summed E-state index contributed by atoms with van der Waals surface area (Å²) < 4.78 is 10.8. The van der Waals surface area contributed by atoms with Crippen LogP contribution >= 0.6 is 0 Å². The summed E-state index contributed by atoms with van der Waals surface area (Å²) in [6.07, 6.45) is 6.47. The second kappa shape index (κ2) is 7.38. The van der Waals surface area contributed by atoms with Gasteiger partial charge in [-0.2, -0.15) is 0 Å². The lowest BCUT2D eigenvalue weighted by atomic mass is 10.2. The smallest absolute Gasteiger partial charge is 0.322 e. The molecular formula is C18H23N3O3. The Balaban J connectivity index is 1.61. The van der Waals surface area contributed by atoms with E-state index in [1.54, 1.807) is 18.0 Å². The molecule has 0 saturated heterocycles. The van der Waals surface area contributed by atoms with Crippen molar-refractivity contribution in [3.8, 4) is 5.75 Å². The summed E-state index contributed by atoms with van der Waals surface area (Å²) in [5, 5.41) is 6.78. The first-order chi connectivity index (χ1) is 11.6. The van der Waals surface area contributed by atoms with E-state index < -0.39 is 0 Å². The van der Waals surface area contributed by atoms with Crippen LogP contribution in [0.4, 0.5) is 10.5 Å². The quantitative estimate of drug-likeness (QED) is 0.892. The highest BCUT2D eigenvalue weighted by atomic mass is 16.5. The molecule has 1 N–H and O–H groups in total. The highest BCUT2D eigenvalue weighted by molar-refractivity contribution is 5.89. The normalized spacial score (nSPS) is 15.9. The van der Waals surface area contributed by atoms with Crippen molar-refractivity contribution in [2.75, 3.05) is 12.4 Å². The molecule has 0 spiro atoms. The summed E-state index contributed by atoms with van der Waals surface area (Å²) in [6.45, 7) is 1.90. The maximum Gasteiger partial charge on any atom is 0.322 e. The van der Waals surface area contributed by atoms with Gasteiger partial charge in [-0.05, 0) is 44.7 Å². The molecule has 1 saturated carbocycles. The SMILES string of the molecule is C[C@H](c1ccon1)N(C)C(=O)Nc1cccc(OC2CCCC2)c1. The molecule has 1 fully saturated rings. The van der Waals surface area contributed by atoms with Crippen molar-refractivity contribution in [1.82, 2.24) is 10.1 Å². The van der Waals surface area contributed by atoms with E-state index in [2.05, 4.69) is 10.5 Å². The standard InChI is InChI=1S/C18H23N3O3/c1-13(17-10-11-23-20-17)21(2)18(22)19-14-6-5-9-16(12-14)24-15-7-3-4-8-15/h5-6,9-13,15H,3-4,7-8H2,1-2H3,(H,19,22)/t13-/m1/s1. The van der Waals surface area contributed by atoms with E-state index in [1.165, 1.54) is 19.1 Å². The van der Waals surface area contributed by atoms with Crippen LogP contribution in [0.15, 0.2) is 41.1 Å². The van der Waals surface area contributed by atoms with Crippen molar-refractivity contribution in [3.05, 3.63) is 42.3 Å². The second-order valence-electron chi connectivity index (χ2n) is 6.19. The second-order valence-corrected chi connectivity index (χ2v) is 6.19. The molecule has 1 heterocycles. The monoisotopic (exact) mass is 329 g/mol.